The van der Waals surface area contributed by atoms with Crippen molar-refractivity contribution in [3.05, 3.63) is 106 Å². The Morgan fingerprint density at radius 1 is 0.828 bits per heavy atom. The molecule has 1 N–H and O–H groups in total. The molecule has 0 bridgehead atoms. The number of anilines is 1. The summed E-state index contributed by atoms with van der Waals surface area (Å²) in [5, 5.41) is 6.67. The number of rotatable bonds is 6. The topological polar surface area (TPSA) is 21.3 Å². The third kappa shape index (κ3) is 4.38. The van der Waals surface area contributed by atoms with Crippen LogP contribution in [0.5, 0.6) is 5.75 Å². The molecule has 0 unspecified atom stereocenters. The second-order valence-corrected chi connectivity index (χ2v) is 7.70. The van der Waals surface area contributed by atoms with Gasteiger partial charge in [-0.05, 0) is 59.5 Å². The second kappa shape index (κ2) is 8.59. The number of fused-ring (bicyclic) bond motifs is 1. The lowest BCUT2D eigenvalue weighted by Crippen LogP contribution is -2.05. The fourth-order valence-electron chi connectivity index (χ4n) is 3.45. The first-order chi connectivity index (χ1) is 14.1. The molecule has 146 valence electrons. The number of nitrogens with one attached hydrogen (secondary N) is 1. The largest absolute Gasteiger partial charge is 0.489 e. The van der Waals surface area contributed by atoms with Crippen LogP contribution in [-0.4, -0.2) is 0 Å². The van der Waals surface area contributed by atoms with E-state index in [1.54, 1.807) is 0 Å². The standard InChI is InChI=1S/C26H24ClNO/c1-18-7-3-4-9-21(18)17-29-26-14-12-20-8-5-6-10-23(20)24(26)16-28-22-13-11-19(2)25(27)15-22/h3-15,28H,16-17H2,1-2H3. The van der Waals surface area contributed by atoms with E-state index in [0.717, 1.165) is 27.6 Å². The second-order valence-electron chi connectivity index (χ2n) is 7.30. The minimum Gasteiger partial charge on any atom is -0.489 e. The van der Waals surface area contributed by atoms with Crippen molar-refractivity contribution in [2.45, 2.75) is 27.0 Å². The van der Waals surface area contributed by atoms with Crippen molar-refractivity contribution >= 4 is 28.1 Å². The highest BCUT2D eigenvalue weighted by Crippen LogP contribution is 2.30. The number of hydrogen-bond acceptors (Lipinski definition) is 2. The molecule has 4 aromatic carbocycles. The van der Waals surface area contributed by atoms with Gasteiger partial charge in [0.2, 0.25) is 0 Å². The molecule has 0 aromatic heterocycles. The van der Waals surface area contributed by atoms with Gasteiger partial charge in [-0.2, -0.15) is 0 Å². The first kappa shape index (κ1) is 19.4. The Morgan fingerprint density at radius 2 is 1.62 bits per heavy atom. The van der Waals surface area contributed by atoms with Crippen LogP contribution in [0.25, 0.3) is 10.8 Å². The lowest BCUT2D eigenvalue weighted by Gasteiger charge is -2.16. The molecule has 0 saturated carbocycles. The van der Waals surface area contributed by atoms with Crippen molar-refractivity contribution in [2.75, 3.05) is 5.32 Å². The monoisotopic (exact) mass is 401 g/mol. The number of ether oxygens (including phenoxy) is 1. The van der Waals surface area contributed by atoms with E-state index < -0.39 is 0 Å². The summed E-state index contributed by atoms with van der Waals surface area (Å²) in [4.78, 5) is 0. The maximum atomic E-state index is 6.29. The van der Waals surface area contributed by atoms with Gasteiger partial charge in [0.25, 0.3) is 0 Å². The molecular formula is C26H24ClNO. The lowest BCUT2D eigenvalue weighted by atomic mass is 10.0. The highest BCUT2D eigenvalue weighted by Gasteiger charge is 2.10. The van der Waals surface area contributed by atoms with Crippen molar-refractivity contribution < 1.29 is 4.74 Å². The summed E-state index contributed by atoms with van der Waals surface area (Å²) in [5.41, 5.74) is 5.66. The van der Waals surface area contributed by atoms with Gasteiger partial charge in [0.1, 0.15) is 12.4 Å². The van der Waals surface area contributed by atoms with Crippen molar-refractivity contribution in [3.63, 3.8) is 0 Å². The van der Waals surface area contributed by atoms with Crippen molar-refractivity contribution in [2.24, 2.45) is 0 Å². The van der Waals surface area contributed by atoms with Crippen LogP contribution in [-0.2, 0) is 13.2 Å². The van der Waals surface area contributed by atoms with Gasteiger partial charge in [0.15, 0.2) is 0 Å². The summed E-state index contributed by atoms with van der Waals surface area (Å²) in [6.07, 6.45) is 0. The van der Waals surface area contributed by atoms with Crippen LogP contribution in [0.4, 0.5) is 5.69 Å². The number of halogens is 1. The molecule has 0 aliphatic rings. The fourth-order valence-corrected chi connectivity index (χ4v) is 3.63. The first-order valence-electron chi connectivity index (χ1n) is 9.80. The van der Waals surface area contributed by atoms with E-state index in [1.807, 2.05) is 19.1 Å². The minimum atomic E-state index is 0.550. The molecule has 0 amide bonds. The number of hydrogen-bond donors (Lipinski definition) is 1. The summed E-state index contributed by atoms with van der Waals surface area (Å²) in [6, 6.07) is 27.0. The van der Waals surface area contributed by atoms with Crippen LogP contribution in [0.2, 0.25) is 5.02 Å². The van der Waals surface area contributed by atoms with Crippen LogP contribution in [0, 0.1) is 13.8 Å². The average Bonchev–Trinajstić information content (AvgIpc) is 2.74. The fraction of sp³-hybridized carbons (Fsp3) is 0.154. The molecule has 0 spiro atoms. The van der Waals surface area contributed by atoms with Crippen LogP contribution < -0.4 is 10.1 Å². The molecule has 2 nitrogen and oxygen atoms in total. The quantitative estimate of drug-likeness (QED) is 0.366. The predicted octanol–water partition coefficient (Wildman–Crippen LogP) is 7.30. The average molecular weight is 402 g/mol. The van der Waals surface area contributed by atoms with Crippen LogP contribution in [0.15, 0.2) is 78.9 Å². The van der Waals surface area contributed by atoms with E-state index >= 15 is 0 Å². The Bertz CT molecular complexity index is 1150. The molecule has 0 saturated heterocycles. The van der Waals surface area contributed by atoms with Gasteiger partial charge < -0.3 is 10.1 Å². The molecule has 0 heterocycles. The van der Waals surface area contributed by atoms with E-state index in [-0.39, 0.29) is 0 Å². The summed E-state index contributed by atoms with van der Waals surface area (Å²) in [7, 11) is 0. The normalized spacial score (nSPS) is 10.9. The number of benzene rings is 4. The van der Waals surface area contributed by atoms with E-state index in [2.05, 4.69) is 79.0 Å². The van der Waals surface area contributed by atoms with E-state index in [0.29, 0.717) is 13.2 Å². The Kier molecular flexibility index (Phi) is 5.73. The predicted molar refractivity (Wildman–Crippen MR) is 123 cm³/mol. The summed E-state index contributed by atoms with van der Waals surface area (Å²) in [6.45, 7) is 5.33. The maximum absolute atomic E-state index is 6.29. The van der Waals surface area contributed by atoms with Crippen LogP contribution in [0.3, 0.4) is 0 Å². The van der Waals surface area contributed by atoms with Crippen molar-refractivity contribution in [1.29, 1.82) is 0 Å². The van der Waals surface area contributed by atoms with E-state index in [1.165, 1.54) is 21.9 Å². The molecule has 0 fully saturated rings. The van der Waals surface area contributed by atoms with Gasteiger partial charge in [0, 0.05) is 22.8 Å². The maximum Gasteiger partial charge on any atom is 0.125 e. The number of aryl methyl sites for hydroxylation is 2. The highest BCUT2D eigenvalue weighted by molar-refractivity contribution is 6.31. The van der Waals surface area contributed by atoms with Gasteiger partial charge in [-0.1, -0.05) is 72.3 Å². The van der Waals surface area contributed by atoms with Crippen LogP contribution in [0.1, 0.15) is 22.3 Å². The highest BCUT2D eigenvalue weighted by atomic mass is 35.5. The summed E-state index contributed by atoms with van der Waals surface area (Å²) in [5.74, 6) is 0.901. The Hall–Kier alpha value is -2.97. The zero-order valence-corrected chi connectivity index (χ0v) is 17.5. The minimum absolute atomic E-state index is 0.550. The molecule has 3 heteroatoms. The summed E-state index contributed by atoms with van der Waals surface area (Å²) < 4.78 is 6.28. The van der Waals surface area contributed by atoms with E-state index in [9.17, 15) is 0 Å². The van der Waals surface area contributed by atoms with Gasteiger partial charge >= 0.3 is 0 Å². The van der Waals surface area contributed by atoms with Crippen molar-refractivity contribution in [3.8, 4) is 5.75 Å². The third-order valence-corrected chi connectivity index (χ3v) is 5.69. The Balaban J connectivity index is 1.63. The van der Waals surface area contributed by atoms with Gasteiger partial charge in [-0.3, -0.25) is 0 Å². The molecule has 4 aromatic rings. The van der Waals surface area contributed by atoms with Crippen molar-refractivity contribution in [1.82, 2.24) is 0 Å². The smallest absolute Gasteiger partial charge is 0.125 e. The third-order valence-electron chi connectivity index (χ3n) is 5.28. The summed E-state index contributed by atoms with van der Waals surface area (Å²) >= 11 is 6.29. The zero-order chi connectivity index (χ0) is 20.2. The first-order valence-corrected chi connectivity index (χ1v) is 10.2. The Morgan fingerprint density at radius 3 is 2.45 bits per heavy atom. The lowest BCUT2D eigenvalue weighted by molar-refractivity contribution is 0.303. The molecule has 4 rings (SSSR count). The molecule has 0 aliphatic heterocycles. The van der Waals surface area contributed by atoms with Gasteiger partial charge in [0.05, 0.1) is 0 Å². The zero-order valence-electron chi connectivity index (χ0n) is 16.7. The molecule has 0 atom stereocenters. The molecule has 29 heavy (non-hydrogen) atoms. The SMILES string of the molecule is Cc1ccc(NCc2c(OCc3ccccc3C)ccc3ccccc23)cc1Cl. The van der Waals surface area contributed by atoms with Crippen LogP contribution >= 0.6 is 11.6 Å². The van der Waals surface area contributed by atoms with Gasteiger partial charge in [-0.15, -0.1) is 0 Å². The molecule has 0 aliphatic carbocycles. The Labute approximate surface area is 177 Å². The molecule has 0 radical (unpaired) electrons. The van der Waals surface area contributed by atoms with E-state index in [4.69, 9.17) is 16.3 Å². The van der Waals surface area contributed by atoms with Gasteiger partial charge in [-0.25, -0.2) is 0 Å². The molecular weight excluding hydrogens is 378 g/mol.